The van der Waals surface area contributed by atoms with Crippen molar-refractivity contribution in [2.75, 3.05) is 5.75 Å². The van der Waals surface area contributed by atoms with Crippen LogP contribution >= 0.6 is 28.6 Å². The Hall–Kier alpha value is -0.270. The van der Waals surface area contributed by atoms with Gasteiger partial charge in [-0.1, -0.05) is 15.9 Å². The maximum atomic E-state index is 10.4. The smallest absolute Gasteiger partial charge is 0.331 e. The van der Waals surface area contributed by atoms with E-state index in [9.17, 15) is 9.59 Å². The maximum absolute atomic E-state index is 10.4. The summed E-state index contributed by atoms with van der Waals surface area (Å²) < 4.78 is 0. The number of nitrogens with one attached hydrogen (secondary N) is 1. The third-order valence-electron chi connectivity index (χ3n) is 1.04. The van der Waals surface area contributed by atoms with Crippen molar-refractivity contribution in [3.05, 3.63) is 0 Å². The first-order valence-corrected chi connectivity index (χ1v) is 4.50. The third kappa shape index (κ3) is 3.93. The molecule has 3 N–H and O–H groups in total. The lowest BCUT2D eigenvalue weighted by Crippen LogP contribution is -2.45. The van der Waals surface area contributed by atoms with E-state index >= 15 is 0 Å². The SMILES string of the molecule is O=C(O)C(Br)N[C@@H](CS)C(=O)O. The van der Waals surface area contributed by atoms with Crippen molar-refractivity contribution < 1.29 is 19.8 Å². The molecule has 2 atom stereocenters. The van der Waals surface area contributed by atoms with Crippen LogP contribution in [-0.4, -0.2) is 38.9 Å². The third-order valence-corrected chi connectivity index (χ3v) is 2.07. The fraction of sp³-hybridized carbons (Fsp3) is 0.600. The van der Waals surface area contributed by atoms with Crippen molar-refractivity contribution in [3.63, 3.8) is 0 Å². The minimum atomic E-state index is -1.16. The van der Waals surface area contributed by atoms with E-state index in [1.54, 1.807) is 0 Å². The predicted molar refractivity (Wildman–Crippen MR) is 48.8 cm³/mol. The van der Waals surface area contributed by atoms with Crippen LogP contribution in [0.2, 0.25) is 0 Å². The topological polar surface area (TPSA) is 86.6 Å². The van der Waals surface area contributed by atoms with Crippen LogP contribution in [0.4, 0.5) is 0 Å². The van der Waals surface area contributed by atoms with Crippen molar-refractivity contribution in [2.45, 2.75) is 11.0 Å². The molecule has 0 aliphatic carbocycles. The Morgan fingerprint density at radius 1 is 1.42 bits per heavy atom. The molecule has 0 spiro atoms. The highest BCUT2D eigenvalue weighted by atomic mass is 79.9. The van der Waals surface area contributed by atoms with Gasteiger partial charge in [0.1, 0.15) is 6.04 Å². The first-order valence-electron chi connectivity index (χ1n) is 2.95. The number of hydrogen-bond acceptors (Lipinski definition) is 4. The number of carboxylic acids is 2. The molecule has 12 heavy (non-hydrogen) atoms. The summed E-state index contributed by atoms with van der Waals surface area (Å²) in [6.07, 6.45) is 0. The van der Waals surface area contributed by atoms with Gasteiger partial charge in [0.05, 0.1) is 0 Å². The zero-order valence-electron chi connectivity index (χ0n) is 5.90. The number of thiol groups is 1. The zero-order valence-corrected chi connectivity index (χ0v) is 8.38. The molecule has 0 amide bonds. The molecule has 0 saturated heterocycles. The van der Waals surface area contributed by atoms with Gasteiger partial charge in [0.25, 0.3) is 0 Å². The lowest BCUT2D eigenvalue weighted by atomic mass is 10.3. The Balaban J connectivity index is 4.02. The standard InChI is InChI=1S/C5H8BrNO4S/c6-3(5(10)11)7-2(1-12)4(8)9/h2-3,7,12H,1H2,(H,8,9)(H,10,11)/t2-,3?/m0/s1. The van der Waals surface area contributed by atoms with Crippen LogP contribution in [0.3, 0.4) is 0 Å². The highest BCUT2D eigenvalue weighted by Crippen LogP contribution is 1.98. The van der Waals surface area contributed by atoms with Gasteiger partial charge in [-0.05, 0) is 0 Å². The average Bonchev–Trinajstić information content (AvgIpc) is 1.98. The van der Waals surface area contributed by atoms with Crippen molar-refractivity contribution in [2.24, 2.45) is 0 Å². The summed E-state index contributed by atoms with van der Waals surface area (Å²) >= 11 is 6.48. The zero-order chi connectivity index (χ0) is 9.72. The van der Waals surface area contributed by atoms with E-state index < -0.39 is 22.9 Å². The number of aliphatic carboxylic acids is 2. The van der Waals surface area contributed by atoms with Crippen molar-refractivity contribution >= 4 is 40.5 Å². The maximum Gasteiger partial charge on any atom is 0.331 e. The molecular formula is C5H8BrNO4S. The summed E-state index contributed by atoms with van der Waals surface area (Å²) in [5.74, 6) is -2.26. The van der Waals surface area contributed by atoms with Gasteiger partial charge in [-0.2, -0.15) is 12.6 Å². The van der Waals surface area contributed by atoms with Crippen LogP contribution < -0.4 is 5.32 Å². The van der Waals surface area contributed by atoms with Crippen molar-refractivity contribution in [3.8, 4) is 0 Å². The van der Waals surface area contributed by atoms with E-state index in [0.717, 1.165) is 0 Å². The van der Waals surface area contributed by atoms with E-state index in [-0.39, 0.29) is 5.75 Å². The molecular weight excluding hydrogens is 250 g/mol. The number of alkyl halides is 1. The summed E-state index contributed by atoms with van der Waals surface area (Å²) in [5.41, 5.74) is 0. The van der Waals surface area contributed by atoms with Crippen LogP contribution in [0.15, 0.2) is 0 Å². The van der Waals surface area contributed by atoms with Crippen LogP contribution in [0.5, 0.6) is 0 Å². The van der Waals surface area contributed by atoms with Gasteiger partial charge in [-0.3, -0.25) is 10.1 Å². The predicted octanol–water partition coefficient (Wildman–Crippen LogP) is -0.235. The fourth-order valence-corrected chi connectivity index (χ4v) is 1.03. The second-order valence-electron chi connectivity index (χ2n) is 1.94. The molecule has 7 heteroatoms. The Labute approximate surface area is 82.7 Å². The van der Waals surface area contributed by atoms with Gasteiger partial charge in [-0.25, -0.2) is 4.79 Å². The first kappa shape index (κ1) is 11.7. The van der Waals surface area contributed by atoms with Crippen LogP contribution in [-0.2, 0) is 9.59 Å². The van der Waals surface area contributed by atoms with Gasteiger partial charge >= 0.3 is 11.9 Å². The highest BCUT2D eigenvalue weighted by molar-refractivity contribution is 9.09. The Morgan fingerprint density at radius 3 is 2.17 bits per heavy atom. The quantitative estimate of drug-likeness (QED) is 0.311. The van der Waals surface area contributed by atoms with Crippen LogP contribution in [0, 0.1) is 0 Å². The molecule has 0 saturated carbocycles. The first-order chi connectivity index (χ1) is 5.49. The minimum Gasteiger partial charge on any atom is -0.480 e. The average molecular weight is 258 g/mol. The largest absolute Gasteiger partial charge is 0.480 e. The summed E-state index contributed by atoms with van der Waals surface area (Å²) in [7, 11) is 0. The number of rotatable bonds is 5. The summed E-state index contributed by atoms with van der Waals surface area (Å²) in [6, 6.07) is -0.964. The molecule has 0 aromatic heterocycles. The van der Waals surface area contributed by atoms with Crippen molar-refractivity contribution in [1.82, 2.24) is 5.32 Å². The number of carbonyl (C=O) groups is 2. The Morgan fingerprint density at radius 2 is 1.92 bits per heavy atom. The van der Waals surface area contributed by atoms with Gasteiger partial charge in [0.15, 0.2) is 4.95 Å². The summed E-state index contributed by atoms with van der Waals surface area (Å²) in [6.45, 7) is 0. The fourth-order valence-electron chi connectivity index (χ4n) is 0.450. The van der Waals surface area contributed by atoms with Crippen molar-refractivity contribution in [1.29, 1.82) is 0 Å². The summed E-state index contributed by atoms with van der Waals surface area (Å²) in [4.78, 5) is 19.5. The highest BCUT2D eigenvalue weighted by Gasteiger charge is 2.22. The molecule has 0 heterocycles. The molecule has 0 aliphatic heterocycles. The number of halogens is 1. The molecule has 0 aliphatic rings. The van der Waals surface area contributed by atoms with Gasteiger partial charge in [0, 0.05) is 5.75 Å². The molecule has 70 valence electrons. The second kappa shape index (κ2) is 5.39. The molecule has 1 unspecified atom stereocenters. The molecule has 0 bridgehead atoms. The van der Waals surface area contributed by atoms with E-state index in [4.69, 9.17) is 10.2 Å². The molecule has 5 nitrogen and oxygen atoms in total. The molecule has 0 aromatic carbocycles. The molecule has 0 radical (unpaired) electrons. The van der Waals surface area contributed by atoms with E-state index in [1.165, 1.54) is 0 Å². The Bertz CT molecular complexity index is 188. The summed E-state index contributed by atoms with van der Waals surface area (Å²) in [5, 5.41) is 19.2. The lowest BCUT2D eigenvalue weighted by Gasteiger charge is -2.13. The minimum absolute atomic E-state index is 0.0325. The van der Waals surface area contributed by atoms with Gasteiger partial charge in [-0.15, -0.1) is 0 Å². The van der Waals surface area contributed by atoms with E-state index in [1.807, 2.05) is 0 Å². The molecule has 0 fully saturated rings. The van der Waals surface area contributed by atoms with E-state index in [2.05, 4.69) is 33.9 Å². The van der Waals surface area contributed by atoms with Gasteiger partial charge in [0.2, 0.25) is 0 Å². The lowest BCUT2D eigenvalue weighted by molar-refractivity contribution is -0.140. The second-order valence-corrected chi connectivity index (χ2v) is 3.22. The van der Waals surface area contributed by atoms with Gasteiger partial charge < -0.3 is 10.2 Å². The van der Waals surface area contributed by atoms with Crippen LogP contribution in [0.25, 0.3) is 0 Å². The van der Waals surface area contributed by atoms with E-state index in [0.29, 0.717) is 0 Å². The van der Waals surface area contributed by atoms with Crippen LogP contribution in [0.1, 0.15) is 0 Å². The number of hydrogen-bond donors (Lipinski definition) is 4. The monoisotopic (exact) mass is 257 g/mol. The molecule has 0 rings (SSSR count). The molecule has 0 aromatic rings. The Kier molecular flexibility index (Phi) is 5.27. The normalized spacial score (nSPS) is 15.2. The number of carboxylic acid groups (broad SMARTS) is 2.